The van der Waals surface area contributed by atoms with Crippen molar-refractivity contribution in [2.45, 2.75) is 109 Å². The minimum atomic E-state index is -4.78. The van der Waals surface area contributed by atoms with Gasteiger partial charge in [-0.05, 0) is 36.4 Å². The summed E-state index contributed by atoms with van der Waals surface area (Å²) in [6.45, 7) is 8.88. The summed E-state index contributed by atoms with van der Waals surface area (Å²) in [6.07, 6.45) is -1.26. The molecule has 20 nitrogen and oxygen atoms in total. The van der Waals surface area contributed by atoms with E-state index in [0.29, 0.717) is 12.3 Å². The van der Waals surface area contributed by atoms with Crippen LogP contribution in [0.3, 0.4) is 0 Å². The molecule has 3 aliphatic rings. The van der Waals surface area contributed by atoms with Gasteiger partial charge in [0.15, 0.2) is 25.7 Å². The first-order chi connectivity index (χ1) is 26.8. The Morgan fingerprint density at radius 2 is 1.98 bits per heavy atom. The van der Waals surface area contributed by atoms with Crippen LogP contribution >= 0.6 is 14.5 Å². The van der Waals surface area contributed by atoms with E-state index in [1.54, 1.807) is 19.9 Å². The molecular formula is C33H48N8O12P2SSi. The van der Waals surface area contributed by atoms with Crippen molar-refractivity contribution >= 4 is 57.7 Å². The van der Waals surface area contributed by atoms with Crippen LogP contribution in [-0.2, 0) is 52.9 Å². The van der Waals surface area contributed by atoms with Crippen molar-refractivity contribution in [1.29, 1.82) is 5.26 Å². The second-order valence-corrected chi connectivity index (χ2v) is 24.9. The van der Waals surface area contributed by atoms with Crippen LogP contribution in [0.4, 0.5) is 5.95 Å². The van der Waals surface area contributed by atoms with Gasteiger partial charge in [0.1, 0.15) is 30.7 Å². The first kappa shape index (κ1) is 43.5. The third-order valence-electron chi connectivity index (χ3n) is 10.3. The number of amides is 1. The van der Waals surface area contributed by atoms with Gasteiger partial charge in [-0.25, -0.2) is 19.5 Å². The second-order valence-electron chi connectivity index (χ2n) is 15.8. The summed E-state index contributed by atoms with van der Waals surface area (Å²) in [5.41, 5.74) is -0.690. The summed E-state index contributed by atoms with van der Waals surface area (Å²) in [5.74, 6) is -1.17. The molecule has 3 aromatic heterocycles. The van der Waals surface area contributed by atoms with E-state index in [1.807, 2.05) is 39.9 Å². The molecule has 312 valence electrons. The Morgan fingerprint density at radius 1 is 1.21 bits per heavy atom. The number of phosphoric acid groups is 1. The van der Waals surface area contributed by atoms with Gasteiger partial charge >= 0.3 is 14.5 Å². The topological polar surface area (TPSA) is 253 Å². The fraction of sp³-hybridized carbons (Fsp3) is 0.667. The zero-order chi connectivity index (χ0) is 41.3. The number of rotatable bonds is 10. The fourth-order valence-electron chi connectivity index (χ4n) is 6.23. The van der Waals surface area contributed by atoms with Crippen LogP contribution in [0.5, 0.6) is 5.88 Å². The summed E-state index contributed by atoms with van der Waals surface area (Å²) in [4.78, 5) is 56.3. The monoisotopic (exact) mass is 870 g/mol. The number of imidazole rings is 1. The number of anilines is 1. The van der Waals surface area contributed by atoms with E-state index in [-0.39, 0.29) is 54.1 Å². The van der Waals surface area contributed by atoms with Crippen molar-refractivity contribution in [1.82, 2.24) is 29.5 Å². The highest BCUT2D eigenvalue weighted by Crippen LogP contribution is 2.58. The number of hydrogen-bond donors (Lipinski definition) is 3. The highest BCUT2D eigenvalue weighted by molar-refractivity contribution is 8.07. The van der Waals surface area contributed by atoms with Crippen molar-refractivity contribution < 1.29 is 50.8 Å². The molecule has 6 rings (SSSR count). The zero-order valence-electron chi connectivity index (χ0n) is 32.6. The second kappa shape index (κ2) is 17.3. The Balaban J connectivity index is 1.42. The molecule has 24 heteroatoms. The van der Waals surface area contributed by atoms with Crippen LogP contribution in [0.1, 0.15) is 60.1 Å². The highest BCUT2D eigenvalue weighted by atomic mass is 32.5. The molecule has 3 aromatic rings. The highest BCUT2D eigenvalue weighted by Gasteiger charge is 2.55. The standard InChI is InChI=1S/C33H48N8O12P2SSi/c1-19(2)29(42)39-32-38-28-25(30(43)40-32)37-18-41(28)31-27-26(53-57(6,7)33(3,4)5)23(50-31)16-47-54(44,45)51-22-14-21(49-24-9-11-35-17-36-24)13-20(22)15-48-55(56,52-27)46-12-8-10-34/h9,11,17-23,26-27,31H,8,12-16H2,1-7H3,(H,44,45)(H2,38,39,40,42,43)/t20-,21-,22+,23-,26-,27-,31-,55-/m1/s1. The molecule has 0 aromatic carbocycles. The molecule has 1 unspecified atom stereocenters. The van der Waals surface area contributed by atoms with Crippen LogP contribution in [0.25, 0.3) is 11.2 Å². The molecule has 2 saturated heterocycles. The number of nitrogens with zero attached hydrogens (tertiary/aromatic N) is 6. The predicted molar refractivity (Wildman–Crippen MR) is 209 cm³/mol. The zero-order valence-corrected chi connectivity index (χ0v) is 36.2. The lowest BCUT2D eigenvalue weighted by atomic mass is 10.1. The predicted octanol–water partition coefficient (Wildman–Crippen LogP) is 4.72. The van der Waals surface area contributed by atoms with Crippen molar-refractivity contribution in [3.63, 3.8) is 0 Å². The Labute approximate surface area is 335 Å². The van der Waals surface area contributed by atoms with E-state index in [1.165, 1.54) is 23.4 Å². The number of carbonyl (C=O) groups is 1. The molecule has 3 fully saturated rings. The molecule has 0 spiro atoms. The van der Waals surface area contributed by atoms with Crippen LogP contribution in [0.15, 0.2) is 29.7 Å². The maximum atomic E-state index is 13.7. The molecule has 2 aliphatic heterocycles. The van der Waals surface area contributed by atoms with Crippen LogP contribution in [0.2, 0.25) is 18.1 Å². The number of hydrogen-bond acceptors (Lipinski definition) is 17. The van der Waals surface area contributed by atoms with Gasteiger partial charge in [0.05, 0.1) is 44.7 Å². The third kappa shape index (κ3) is 10.2. The Morgan fingerprint density at radius 3 is 2.67 bits per heavy atom. The number of ether oxygens (including phenoxy) is 2. The first-order valence-electron chi connectivity index (χ1n) is 18.4. The number of H-pyrrole nitrogens is 1. The van der Waals surface area contributed by atoms with Crippen molar-refractivity contribution in [2.75, 3.05) is 25.1 Å². The molecule has 1 amide bonds. The van der Waals surface area contributed by atoms with E-state index in [2.05, 4.69) is 30.2 Å². The Bertz CT molecular complexity index is 2120. The molecule has 9 atom stereocenters. The van der Waals surface area contributed by atoms with Gasteiger partial charge in [-0.1, -0.05) is 34.6 Å². The minimum absolute atomic E-state index is 0.0180. The summed E-state index contributed by atoms with van der Waals surface area (Å²) >= 11 is 6.06. The summed E-state index contributed by atoms with van der Waals surface area (Å²) in [7, 11) is -7.50. The lowest BCUT2D eigenvalue weighted by Crippen LogP contribution is -2.50. The molecule has 1 saturated carbocycles. The number of aromatic amines is 1. The molecule has 5 heterocycles. The molecule has 3 N–H and O–H groups in total. The summed E-state index contributed by atoms with van der Waals surface area (Å²) in [5, 5.41) is 11.7. The number of phosphoric ester groups is 1. The van der Waals surface area contributed by atoms with Gasteiger partial charge in [-0.2, -0.15) is 10.2 Å². The normalized spacial score (nSPS) is 31.2. The fourth-order valence-corrected chi connectivity index (χ4v) is 10.7. The number of carbonyl (C=O) groups excluding carboxylic acids is 1. The average molecular weight is 871 g/mol. The van der Waals surface area contributed by atoms with E-state index in [4.69, 9.17) is 48.3 Å². The van der Waals surface area contributed by atoms with Gasteiger partial charge in [-0.3, -0.25) is 38.0 Å². The molecular weight excluding hydrogens is 823 g/mol. The lowest BCUT2D eigenvalue weighted by molar-refractivity contribution is -0.118. The van der Waals surface area contributed by atoms with Gasteiger partial charge in [0.25, 0.3) is 5.56 Å². The van der Waals surface area contributed by atoms with Gasteiger partial charge in [-0.15, -0.1) is 0 Å². The lowest BCUT2D eigenvalue weighted by Gasteiger charge is -2.41. The largest absolute Gasteiger partial charge is 0.474 e. The van der Waals surface area contributed by atoms with Gasteiger partial charge in [0.2, 0.25) is 17.7 Å². The van der Waals surface area contributed by atoms with Crippen LogP contribution < -0.4 is 15.6 Å². The maximum absolute atomic E-state index is 13.7. The smallest absolute Gasteiger partial charge is 0.472 e. The van der Waals surface area contributed by atoms with Crippen LogP contribution in [0, 0.1) is 23.2 Å². The number of aromatic nitrogens is 6. The van der Waals surface area contributed by atoms with E-state index >= 15 is 0 Å². The molecule has 1 aliphatic carbocycles. The summed E-state index contributed by atoms with van der Waals surface area (Å²) < 4.78 is 65.5. The van der Waals surface area contributed by atoms with Gasteiger partial charge < -0.3 is 27.8 Å². The molecule has 0 radical (unpaired) electrons. The van der Waals surface area contributed by atoms with E-state index < -0.39 is 83.6 Å². The Kier molecular flexibility index (Phi) is 13.2. The first-order valence-corrected chi connectivity index (χ1v) is 25.4. The van der Waals surface area contributed by atoms with Crippen molar-refractivity contribution in [2.24, 2.45) is 11.8 Å². The van der Waals surface area contributed by atoms with E-state index in [9.17, 15) is 24.3 Å². The number of nitrogens with one attached hydrogen (secondary N) is 2. The molecule has 57 heavy (non-hydrogen) atoms. The number of fused-ring (bicyclic) bond motifs is 4. The van der Waals surface area contributed by atoms with E-state index in [0.717, 1.165) is 0 Å². The third-order valence-corrected chi connectivity index (χ3v) is 18.1. The Hall–Kier alpha value is -3.03. The summed E-state index contributed by atoms with van der Waals surface area (Å²) in [6, 6.07) is 3.63. The average Bonchev–Trinajstić information content (AvgIpc) is 3.81. The van der Waals surface area contributed by atoms with Gasteiger partial charge in [0, 0.05) is 30.5 Å². The SMILES string of the molecule is CC(C)C(=O)Nc1nc2c(ncn2[C@@H]2O[C@@H]3COP(=O)(O)O[C@H]4C[C@H](Oc5ccncn5)C[C@@H]4CO[P@](=S)(OCCC#N)O[C@@H]2[C@@H]3O[Si](C)(C)C(C)(C)C)c(=O)[nH]1. The van der Waals surface area contributed by atoms with Crippen molar-refractivity contribution in [3.8, 4) is 11.9 Å². The minimum Gasteiger partial charge on any atom is -0.474 e. The van der Waals surface area contributed by atoms with Crippen molar-refractivity contribution in [3.05, 3.63) is 35.3 Å². The molecule has 2 bridgehead atoms. The number of nitriles is 1. The quantitative estimate of drug-likeness (QED) is 0.141. The maximum Gasteiger partial charge on any atom is 0.472 e. The van der Waals surface area contributed by atoms with Crippen LogP contribution in [-0.4, -0.2) is 98.9 Å².